The Morgan fingerprint density at radius 1 is 1.04 bits per heavy atom. The maximum absolute atomic E-state index is 12.5. The number of ether oxygens (including phenoxy) is 2. The van der Waals surface area contributed by atoms with Crippen LogP contribution in [0.5, 0.6) is 11.5 Å². The maximum atomic E-state index is 12.5. The second-order valence-corrected chi connectivity index (χ2v) is 7.91. The Labute approximate surface area is 146 Å². The molecule has 128 valence electrons. The minimum absolute atomic E-state index is 0.0384. The number of sulfonamides is 1. The number of nitriles is 1. The summed E-state index contributed by atoms with van der Waals surface area (Å²) in [7, 11) is -3.79. The number of hydrogen-bond acceptors (Lipinski definition) is 5. The van der Waals surface area contributed by atoms with Crippen molar-refractivity contribution >= 4 is 15.7 Å². The van der Waals surface area contributed by atoms with E-state index in [0.29, 0.717) is 17.2 Å². The molecule has 1 heterocycles. The molecule has 0 aromatic heterocycles. The summed E-state index contributed by atoms with van der Waals surface area (Å²) in [6.45, 7) is 0. The van der Waals surface area contributed by atoms with Gasteiger partial charge >= 0.3 is 0 Å². The van der Waals surface area contributed by atoms with Crippen LogP contribution >= 0.6 is 0 Å². The zero-order chi connectivity index (χ0) is 17.5. The molecule has 0 atom stereocenters. The molecule has 1 saturated carbocycles. The lowest BCUT2D eigenvalue weighted by Gasteiger charge is -2.21. The summed E-state index contributed by atoms with van der Waals surface area (Å²) in [4.78, 5) is 0.0384. The Hall–Kier alpha value is -2.72. The fourth-order valence-electron chi connectivity index (χ4n) is 3.22. The van der Waals surface area contributed by atoms with Gasteiger partial charge in [0, 0.05) is 18.9 Å². The Kier molecular flexibility index (Phi) is 3.58. The lowest BCUT2D eigenvalue weighted by Crippen LogP contribution is -2.34. The minimum atomic E-state index is -3.79. The first-order valence-electron chi connectivity index (χ1n) is 8.05. The van der Waals surface area contributed by atoms with Gasteiger partial charge in [0.2, 0.25) is 0 Å². The summed E-state index contributed by atoms with van der Waals surface area (Å²) in [5.74, 6) is 0.602. The van der Waals surface area contributed by atoms with Gasteiger partial charge in [-0.15, -0.1) is 0 Å². The largest absolute Gasteiger partial charge is 0.448 e. The molecule has 0 bridgehead atoms. The highest BCUT2D eigenvalue weighted by molar-refractivity contribution is 7.92. The van der Waals surface area contributed by atoms with E-state index in [2.05, 4.69) is 4.72 Å². The van der Waals surface area contributed by atoms with Crippen LogP contribution in [-0.4, -0.2) is 14.2 Å². The van der Waals surface area contributed by atoms with Crippen LogP contribution in [0.25, 0.3) is 0 Å². The van der Waals surface area contributed by atoms with Crippen LogP contribution in [0.15, 0.2) is 47.4 Å². The molecule has 1 N–H and O–H groups in total. The Bertz CT molecular complexity index is 973. The molecule has 2 aromatic carbocycles. The van der Waals surface area contributed by atoms with Crippen LogP contribution in [0.2, 0.25) is 0 Å². The molecule has 2 aromatic rings. The quantitative estimate of drug-likeness (QED) is 0.910. The summed E-state index contributed by atoms with van der Waals surface area (Å²) >= 11 is 0. The van der Waals surface area contributed by atoms with Gasteiger partial charge < -0.3 is 9.47 Å². The summed E-state index contributed by atoms with van der Waals surface area (Å²) in [6, 6.07) is 12.8. The van der Waals surface area contributed by atoms with E-state index >= 15 is 0 Å². The van der Waals surface area contributed by atoms with E-state index in [1.54, 1.807) is 24.3 Å². The highest BCUT2D eigenvalue weighted by Gasteiger charge is 2.44. The predicted molar refractivity (Wildman–Crippen MR) is 90.9 cm³/mol. The molecule has 1 aliphatic heterocycles. The zero-order valence-corrected chi connectivity index (χ0v) is 14.2. The first-order valence-corrected chi connectivity index (χ1v) is 9.53. The number of nitrogens with one attached hydrogen (secondary N) is 1. The smallest absolute Gasteiger partial charge is 0.261 e. The van der Waals surface area contributed by atoms with Gasteiger partial charge in [-0.2, -0.15) is 5.26 Å². The van der Waals surface area contributed by atoms with Crippen molar-refractivity contribution in [3.05, 3.63) is 48.0 Å². The van der Waals surface area contributed by atoms with Gasteiger partial charge in [0.1, 0.15) is 0 Å². The van der Waals surface area contributed by atoms with Crippen LogP contribution in [0.1, 0.15) is 31.2 Å². The van der Waals surface area contributed by atoms with E-state index in [0.717, 1.165) is 25.7 Å². The molecule has 1 spiro atoms. The van der Waals surface area contributed by atoms with Crippen molar-refractivity contribution in [2.75, 3.05) is 4.72 Å². The fourth-order valence-corrected chi connectivity index (χ4v) is 4.32. The average molecular weight is 356 g/mol. The topological polar surface area (TPSA) is 88.4 Å². The van der Waals surface area contributed by atoms with Crippen molar-refractivity contribution in [2.24, 2.45) is 0 Å². The van der Waals surface area contributed by atoms with Crippen LogP contribution in [-0.2, 0) is 10.0 Å². The van der Waals surface area contributed by atoms with Crippen LogP contribution in [0.4, 0.5) is 5.69 Å². The summed E-state index contributed by atoms with van der Waals surface area (Å²) in [5, 5.41) is 8.93. The van der Waals surface area contributed by atoms with E-state index in [1.807, 2.05) is 6.07 Å². The second-order valence-electron chi connectivity index (χ2n) is 6.23. The highest BCUT2D eigenvalue weighted by Crippen LogP contribution is 2.47. The van der Waals surface area contributed by atoms with Gasteiger partial charge in [-0.1, -0.05) is 6.07 Å². The standard InChI is InChI=1S/C18H16N2O4S/c19-12-13-4-3-5-15(10-13)25(21,22)20-14-6-7-16-17(11-14)24-18(23-16)8-1-2-9-18/h3-7,10-11,20H,1-2,8-9H2. The number of benzene rings is 2. The van der Waals surface area contributed by atoms with Gasteiger partial charge in [0.05, 0.1) is 22.2 Å². The van der Waals surface area contributed by atoms with Crippen molar-refractivity contribution in [1.82, 2.24) is 0 Å². The fraction of sp³-hybridized carbons (Fsp3) is 0.278. The predicted octanol–water partition coefficient (Wildman–Crippen LogP) is 3.40. The molecular weight excluding hydrogens is 340 g/mol. The molecule has 0 saturated heterocycles. The molecule has 0 unspecified atom stereocenters. The first kappa shape index (κ1) is 15.8. The van der Waals surface area contributed by atoms with Crippen LogP contribution < -0.4 is 14.2 Å². The zero-order valence-electron chi connectivity index (χ0n) is 13.4. The van der Waals surface area contributed by atoms with Gasteiger partial charge in [-0.05, 0) is 43.2 Å². The monoisotopic (exact) mass is 356 g/mol. The van der Waals surface area contributed by atoms with Crippen LogP contribution in [0.3, 0.4) is 0 Å². The Morgan fingerprint density at radius 2 is 1.80 bits per heavy atom. The Morgan fingerprint density at radius 3 is 2.56 bits per heavy atom. The normalized spacial score (nSPS) is 17.4. The van der Waals surface area contributed by atoms with Crippen molar-refractivity contribution in [3.63, 3.8) is 0 Å². The minimum Gasteiger partial charge on any atom is -0.448 e. The third kappa shape index (κ3) is 2.89. The van der Waals surface area contributed by atoms with Crippen molar-refractivity contribution in [1.29, 1.82) is 5.26 Å². The number of fused-ring (bicyclic) bond motifs is 1. The van der Waals surface area contributed by atoms with Crippen molar-refractivity contribution in [2.45, 2.75) is 36.4 Å². The van der Waals surface area contributed by atoms with Crippen molar-refractivity contribution < 1.29 is 17.9 Å². The van der Waals surface area contributed by atoms with E-state index in [-0.39, 0.29) is 10.5 Å². The van der Waals surface area contributed by atoms with E-state index in [1.165, 1.54) is 18.2 Å². The molecule has 0 amide bonds. The molecule has 6 nitrogen and oxygen atoms in total. The van der Waals surface area contributed by atoms with Gasteiger partial charge in [0.25, 0.3) is 15.8 Å². The first-order chi connectivity index (χ1) is 12.0. The molecule has 25 heavy (non-hydrogen) atoms. The van der Waals surface area contributed by atoms with Gasteiger partial charge in [-0.25, -0.2) is 8.42 Å². The van der Waals surface area contributed by atoms with E-state index in [4.69, 9.17) is 14.7 Å². The van der Waals surface area contributed by atoms with E-state index < -0.39 is 15.8 Å². The van der Waals surface area contributed by atoms with Gasteiger partial charge in [-0.3, -0.25) is 4.72 Å². The molecule has 1 fully saturated rings. The molecule has 7 heteroatoms. The molecule has 1 aliphatic carbocycles. The number of hydrogen-bond donors (Lipinski definition) is 1. The SMILES string of the molecule is N#Cc1cccc(S(=O)(=O)Nc2ccc3c(c2)OC2(CCCC2)O3)c1. The third-order valence-electron chi connectivity index (χ3n) is 4.43. The number of nitrogens with zero attached hydrogens (tertiary/aromatic N) is 1. The summed E-state index contributed by atoms with van der Waals surface area (Å²) in [5.41, 5.74) is 0.677. The average Bonchev–Trinajstić information content (AvgIpc) is 3.20. The number of rotatable bonds is 3. The number of anilines is 1. The molecule has 0 radical (unpaired) electrons. The van der Waals surface area contributed by atoms with E-state index in [9.17, 15) is 8.42 Å². The van der Waals surface area contributed by atoms with Gasteiger partial charge in [0.15, 0.2) is 11.5 Å². The molecular formula is C18H16N2O4S. The summed E-state index contributed by atoms with van der Waals surface area (Å²) in [6.07, 6.45) is 3.79. The lowest BCUT2D eigenvalue weighted by molar-refractivity contribution is -0.0716. The summed E-state index contributed by atoms with van der Waals surface area (Å²) < 4.78 is 39.4. The third-order valence-corrected chi connectivity index (χ3v) is 5.81. The highest BCUT2D eigenvalue weighted by atomic mass is 32.2. The molecule has 4 rings (SSSR count). The van der Waals surface area contributed by atoms with Crippen LogP contribution in [0, 0.1) is 11.3 Å². The van der Waals surface area contributed by atoms with Crippen molar-refractivity contribution in [3.8, 4) is 17.6 Å². The lowest BCUT2D eigenvalue weighted by atomic mass is 10.2. The Balaban J connectivity index is 1.59. The maximum Gasteiger partial charge on any atom is 0.261 e. The molecule has 2 aliphatic rings. The second kappa shape index (κ2) is 5.67.